The Morgan fingerprint density at radius 3 is 2.88 bits per heavy atom. The van der Waals surface area contributed by atoms with Crippen molar-refractivity contribution in [2.75, 3.05) is 25.4 Å². The Labute approximate surface area is 113 Å². The van der Waals surface area contributed by atoms with Crippen molar-refractivity contribution in [3.05, 3.63) is 0 Å². The number of halogens is 1. The second-order valence-corrected chi connectivity index (χ2v) is 7.20. The van der Waals surface area contributed by atoms with Gasteiger partial charge in [0, 0.05) is 35.0 Å². The van der Waals surface area contributed by atoms with E-state index in [0.717, 1.165) is 31.8 Å². The Hall–Kier alpha value is 0.360. The summed E-state index contributed by atoms with van der Waals surface area (Å²) in [6.45, 7) is 4.76. The summed E-state index contributed by atoms with van der Waals surface area (Å²) in [7, 11) is -0.684. The first-order valence-corrected chi connectivity index (χ1v) is 8.47. The lowest BCUT2D eigenvalue weighted by molar-refractivity contribution is 0.523. The van der Waals surface area contributed by atoms with Crippen LogP contribution in [0, 0.1) is 0 Å². The van der Waals surface area contributed by atoms with Crippen molar-refractivity contribution in [1.29, 1.82) is 0 Å². The van der Waals surface area contributed by atoms with E-state index in [2.05, 4.69) is 17.6 Å². The summed E-state index contributed by atoms with van der Waals surface area (Å²) < 4.78 is 11.6. The standard InChI is InChI=1S/C12H25ClN2OS/c1-11(13)6-4-2-3-5-7-15-12-10-14-8-9-17(12)16/h11-12,14-15H,2-10H2,1H3. The normalized spacial score (nSPS) is 26.9. The summed E-state index contributed by atoms with van der Waals surface area (Å²) in [5, 5.41) is 7.12. The molecule has 0 amide bonds. The van der Waals surface area contributed by atoms with Crippen molar-refractivity contribution >= 4 is 22.4 Å². The molecule has 1 heterocycles. The molecule has 17 heavy (non-hydrogen) atoms. The van der Waals surface area contributed by atoms with Gasteiger partial charge in [-0.2, -0.15) is 0 Å². The maximum absolute atomic E-state index is 11.6. The molecule has 0 bridgehead atoms. The predicted molar refractivity (Wildman–Crippen MR) is 76.1 cm³/mol. The van der Waals surface area contributed by atoms with E-state index < -0.39 is 10.8 Å². The molecule has 0 saturated carbocycles. The van der Waals surface area contributed by atoms with Crippen molar-refractivity contribution < 1.29 is 4.21 Å². The van der Waals surface area contributed by atoms with Crippen LogP contribution in [0.1, 0.15) is 39.0 Å². The summed E-state index contributed by atoms with van der Waals surface area (Å²) in [5.74, 6) is 0.783. The third-order valence-electron chi connectivity index (χ3n) is 3.03. The van der Waals surface area contributed by atoms with Gasteiger partial charge in [0.25, 0.3) is 0 Å². The molecule has 2 N–H and O–H groups in total. The zero-order chi connectivity index (χ0) is 12.5. The first-order chi connectivity index (χ1) is 8.20. The predicted octanol–water partition coefficient (Wildman–Crippen LogP) is 1.83. The van der Waals surface area contributed by atoms with Crippen LogP contribution in [0.5, 0.6) is 0 Å². The Bertz CT molecular complexity index is 227. The summed E-state index contributed by atoms with van der Waals surface area (Å²) in [6.07, 6.45) is 6.01. The van der Waals surface area contributed by atoms with Crippen molar-refractivity contribution in [2.45, 2.75) is 49.8 Å². The molecule has 0 spiro atoms. The molecular weight excluding hydrogens is 256 g/mol. The van der Waals surface area contributed by atoms with Gasteiger partial charge in [-0.1, -0.05) is 19.3 Å². The number of alkyl halides is 1. The Morgan fingerprint density at radius 1 is 1.41 bits per heavy atom. The first-order valence-electron chi connectivity index (χ1n) is 6.65. The van der Waals surface area contributed by atoms with Gasteiger partial charge >= 0.3 is 0 Å². The highest BCUT2D eigenvalue weighted by molar-refractivity contribution is 7.85. The van der Waals surface area contributed by atoms with E-state index in [1.807, 2.05) is 0 Å². The SMILES string of the molecule is CC(Cl)CCCCCCNC1CNCCS1=O. The van der Waals surface area contributed by atoms with Crippen LogP contribution in [0.4, 0.5) is 0 Å². The Kier molecular flexibility index (Phi) is 8.44. The number of rotatable bonds is 8. The number of nitrogens with one attached hydrogen (secondary N) is 2. The molecule has 1 saturated heterocycles. The highest BCUT2D eigenvalue weighted by atomic mass is 35.5. The minimum atomic E-state index is -0.684. The molecule has 3 atom stereocenters. The van der Waals surface area contributed by atoms with Crippen LogP contribution in [-0.2, 0) is 10.8 Å². The molecule has 5 heteroatoms. The molecule has 3 unspecified atom stereocenters. The number of hydrogen-bond acceptors (Lipinski definition) is 3. The lowest BCUT2D eigenvalue weighted by Gasteiger charge is -2.23. The smallest absolute Gasteiger partial charge is 0.0961 e. The molecule has 3 nitrogen and oxygen atoms in total. The maximum atomic E-state index is 11.6. The molecule has 1 fully saturated rings. The minimum Gasteiger partial charge on any atom is -0.313 e. The third-order valence-corrected chi connectivity index (χ3v) is 4.82. The molecule has 1 aliphatic rings. The van der Waals surface area contributed by atoms with E-state index in [1.54, 1.807) is 0 Å². The van der Waals surface area contributed by atoms with Crippen LogP contribution < -0.4 is 10.6 Å². The summed E-state index contributed by atoms with van der Waals surface area (Å²) in [4.78, 5) is 0. The van der Waals surface area contributed by atoms with Crippen LogP contribution in [0.2, 0.25) is 0 Å². The molecule has 0 aromatic carbocycles. The summed E-state index contributed by atoms with van der Waals surface area (Å²) in [6, 6.07) is 0. The van der Waals surface area contributed by atoms with E-state index >= 15 is 0 Å². The lowest BCUT2D eigenvalue weighted by atomic mass is 10.1. The van der Waals surface area contributed by atoms with Crippen LogP contribution in [0.15, 0.2) is 0 Å². The van der Waals surface area contributed by atoms with Gasteiger partial charge in [-0.3, -0.25) is 4.21 Å². The molecule has 0 radical (unpaired) electrons. The molecular formula is C12H25ClN2OS. The molecule has 0 aliphatic carbocycles. The fraction of sp³-hybridized carbons (Fsp3) is 1.00. The number of unbranched alkanes of at least 4 members (excludes halogenated alkanes) is 3. The Morgan fingerprint density at radius 2 is 2.18 bits per heavy atom. The zero-order valence-electron chi connectivity index (χ0n) is 10.7. The summed E-state index contributed by atoms with van der Waals surface area (Å²) in [5.41, 5.74) is 0. The minimum absolute atomic E-state index is 0.159. The highest BCUT2D eigenvalue weighted by Crippen LogP contribution is 2.09. The van der Waals surface area contributed by atoms with Gasteiger partial charge in [0.05, 0.1) is 5.37 Å². The van der Waals surface area contributed by atoms with E-state index in [0.29, 0.717) is 5.38 Å². The zero-order valence-corrected chi connectivity index (χ0v) is 12.3. The van der Waals surface area contributed by atoms with Crippen LogP contribution in [-0.4, -0.2) is 40.3 Å². The van der Waals surface area contributed by atoms with E-state index in [1.165, 1.54) is 25.7 Å². The van der Waals surface area contributed by atoms with Gasteiger partial charge in [-0.25, -0.2) is 0 Å². The van der Waals surface area contributed by atoms with E-state index in [-0.39, 0.29) is 5.37 Å². The van der Waals surface area contributed by atoms with Gasteiger partial charge in [0.2, 0.25) is 0 Å². The first kappa shape index (κ1) is 15.4. The van der Waals surface area contributed by atoms with Gasteiger partial charge in [-0.15, -0.1) is 11.6 Å². The van der Waals surface area contributed by atoms with Crippen LogP contribution in [0.3, 0.4) is 0 Å². The molecule has 1 aliphatic heterocycles. The van der Waals surface area contributed by atoms with Gasteiger partial charge in [0.1, 0.15) is 0 Å². The largest absolute Gasteiger partial charge is 0.313 e. The van der Waals surface area contributed by atoms with Crippen LogP contribution >= 0.6 is 11.6 Å². The average molecular weight is 281 g/mol. The molecule has 0 aromatic heterocycles. The molecule has 0 aromatic rings. The van der Waals surface area contributed by atoms with Crippen molar-refractivity contribution in [2.24, 2.45) is 0 Å². The fourth-order valence-electron chi connectivity index (χ4n) is 1.97. The van der Waals surface area contributed by atoms with Crippen LogP contribution in [0.25, 0.3) is 0 Å². The van der Waals surface area contributed by atoms with Crippen molar-refractivity contribution in [3.8, 4) is 0 Å². The fourth-order valence-corrected chi connectivity index (χ4v) is 3.37. The lowest BCUT2D eigenvalue weighted by Crippen LogP contribution is -2.48. The van der Waals surface area contributed by atoms with E-state index in [9.17, 15) is 4.21 Å². The quantitative estimate of drug-likeness (QED) is 0.527. The van der Waals surface area contributed by atoms with Gasteiger partial charge in [0.15, 0.2) is 0 Å². The van der Waals surface area contributed by atoms with Crippen molar-refractivity contribution in [1.82, 2.24) is 10.6 Å². The second kappa shape index (κ2) is 9.31. The average Bonchev–Trinajstić information content (AvgIpc) is 2.30. The molecule has 102 valence electrons. The monoisotopic (exact) mass is 280 g/mol. The Balaban J connectivity index is 1.91. The van der Waals surface area contributed by atoms with Gasteiger partial charge < -0.3 is 10.6 Å². The second-order valence-electron chi connectivity index (χ2n) is 4.72. The topological polar surface area (TPSA) is 41.1 Å². The maximum Gasteiger partial charge on any atom is 0.0961 e. The highest BCUT2D eigenvalue weighted by Gasteiger charge is 2.18. The number of hydrogen-bond donors (Lipinski definition) is 2. The van der Waals surface area contributed by atoms with Crippen molar-refractivity contribution in [3.63, 3.8) is 0 Å². The summed E-state index contributed by atoms with van der Waals surface area (Å²) >= 11 is 5.88. The van der Waals surface area contributed by atoms with E-state index in [4.69, 9.17) is 11.6 Å². The van der Waals surface area contributed by atoms with Gasteiger partial charge in [-0.05, 0) is 26.3 Å². The third kappa shape index (κ3) is 7.39. The molecule has 1 rings (SSSR count).